The maximum atomic E-state index is 5.41. The highest BCUT2D eigenvalue weighted by molar-refractivity contribution is 5.98. The predicted octanol–water partition coefficient (Wildman–Crippen LogP) is 11.2. The molecule has 2 aromatic heterocycles. The van der Waals surface area contributed by atoms with Crippen LogP contribution in [0.4, 0.5) is 0 Å². The van der Waals surface area contributed by atoms with Gasteiger partial charge in [-0.3, -0.25) is 4.98 Å². The quantitative estimate of drug-likeness (QED) is 0.199. The van der Waals surface area contributed by atoms with Crippen molar-refractivity contribution in [2.45, 2.75) is 41.5 Å². The van der Waals surface area contributed by atoms with Gasteiger partial charge in [-0.25, -0.2) is 9.97 Å². The standard InChI is InChI=1S/C43H37N3/c1-26-19-28(3)40(29(4)20-26)36-23-38-39(24-37(36)41-30(5)21-27(2)22-31(41)6)46-43(42(45-38)33-11-8-7-9-12-33)34-16-14-32(15-17-34)35-13-10-18-44-25-35/h7-25H,1-6H3. The highest BCUT2D eigenvalue weighted by Gasteiger charge is 2.20. The van der Waals surface area contributed by atoms with E-state index in [0.717, 1.165) is 44.7 Å². The first kappa shape index (κ1) is 29.3. The van der Waals surface area contributed by atoms with Crippen LogP contribution in [0.2, 0.25) is 0 Å². The first-order valence-corrected chi connectivity index (χ1v) is 15.9. The Labute approximate surface area is 271 Å². The molecular formula is C43H37N3. The number of aromatic nitrogens is 3. The molecule has 7 aromatic rings. The number of rotatable bonds is 5. The number of pyridine rings is 1. The third-order valence-electron chi connectivity index (χ3n) is 8.90. The van der Waals surface area contributed by atoms with Crippen LogP contribution >= 0.6 is 0 Å². The number of nitrogens with zero attached hydrogens (tertiary/aromatic N) is 3. The van der Waals surface area contributed by atoms with Crippen LogP contribution in [-0.4, -0.2) is 15.0 Å². The number of benzene rings is 5. The van der Waals surface area contributed by atoms with Crippen molar-refractivity contribution in [2.24, 2.45) is 0 Å². The summed E-state index contributed by atoms with van der Waals surface area (Å²) in [5, 5.41) is 0. The molecule has 0 aliphatic rings. The third-order valence-corrected chi connectivity index (χ3v) is 8.90. The molecular weight excluding hydrogens is 558 g/mol. The molecule has 2 heterocycles. The van der Waals surface area contributed by atoms with E-state index in [1.54, 1.807) is 6.20 Å². The topological polar surface area (TPSA) is 38.7 Å². The first-order chi connectivity index (χ1) is 22.3. The van der Waals surface area contributed by atoms with E-state index in [1.807, 2.05) is 18.3 Å². The Balaban J connectivity index is 1.52. The van der Waals surface area contributed by atoms with Crippen LogP contribution in [0.15, 0.2) is 116 Å². The molecule has 0 amide bonds. The van der Waals surface area contributed by atoms with E-state index in [4.69, 9.17) is 9.97 Å². The van der Waals surface area contributed by atoms with Crippen LogP contribution in [0.1, 0.15) is 33.4 Å². The lowest BCUT2D eigenvalue weighted by Gasteiger charge is -2.20. The van der Waals surface area contributed by atoms with Gasteiger partial charge in [0.1, 0.15) is 0 Å². The zero-order valence-corrected chi connectivity index (χ0v) is 27.3. The van der Waals surface area contributed by atoms with E-state index in [2.05, 4.69) is 138 Å². The SMILES string of the molecule is Cc1cc(C)c(-c2cc3nc(-c4ccccc4)c(-c4ccc(-c5cccnc5)cc4)nc3cc2-c2c(C)cc(C)cc2C)c(C)c1. The maximum absolute atomic E-state index is 5.41. The lowest BCUT2D eigenvalue weighted by Crippen LogP contribution is -2.00. The lowest BCUT2D eigenvalue weighted by molar-refractivity contribution is 1.28. The Morgan fingerprint density at radius 3 is 1.30 bits per heavy atom. The largest absolute Gasteiger partial charge is 0.264 e. The van der Waals surface area contributed by atoms with Crippen molar-refractivity contribution in [1.29, 1.82) is 0 Å². The summed E-state index contributed by atoms with van der Waals surface area (Å²) in [5.74, 6) is 0. The van der Waals surface area contributed by atoms with Gasteiger partial charge in [0, 0.05) is 23.5 Å². The molecule has 0 bridgehead atoms. The van der Waals surface area contributed by atoms with Crippen LogP contribution < -0.4 is 0 Å². The Hall–Kier alpha value is -5.41. The van der Waals surface area contributed by atoms with Gasteiger partial charge in [-0.15, -0.1) is 0 Å². The van der Waals surface area contributed by atoms with E-state index < -0.39 is 0 Å². The highest BCUT2D eigenvalue weighted by Crippen LogP contribution is 2.42. The van der Waals surface area contributed by atoms with Crippen LogP contribution in [0, 0.1) is 41.5 Å². The summed E-state index contributed by atoms with van der Waals surface area (Å²) >= 11 is 0. The molecule has 3 nitrogen and oxygen atoms in total. The van der Waals surface area contributed by atoms with Crippen molar-refractivity contribution < 1.29 is 0 Å². The number of fused-ring (bicyclic) bond motifs is 1. The van der Waals surface area contributed by atoms with E-state index in [0.29, 0.717) is 0 Å². The lowest BCUT2D eigenvalue weighted by atomic mass is 9.85. The first-order valence-electron chi connectivity index (χ1n) is 15.9. The van der Waals surface area contributed by atoms with E-state index in [9.17, 15) is 0 Å². The summed E-state index contributed by atoms with van der Waals surface area (Å²) < 4.78 is 0. The molecule has 0 radical (unpaired) electrons. The Kier molecular flexibility index (Phi) is 7.54. The zero-order chi connectivity index (χ0) is 31.9. The van der Waals surface area contributed by atoms with Gasteiger partial charge in [-0.1, -0.05) is 96.1 Å². The summed E-state index contributed by atoms with van der Waals surface area (Å²) in [6, 6.07) is 36.7. The fraction of sp³-hybridized carbons (Fsp3) is 0.140. The summed E-state index contributed by atoms with van der Waals surface area (Å²) in [4.78, 5) is 15.1. The average Bonchev–Trinajstić information content (AvgIpc) is 3.04. The van der Waals surface area contributed by atoms with E-state index in [-0.39, 0.29) is 0 Å². The molecule has 46 heavy (non-hydrogen) atoms. The summed E-state index contributed by atoms with van der Waals surface area (Å²) in [5.41, 5.74) is 20.3. The van der Waals surface area contributed by atoms with Crippen LogP contribution in [-0.2, 0) is 0 Å². The molecule has 0 unspecified atom stereocenters. The Bertz CT molecular complexity index is 2190. The zero-order valence-electron chi connectivity index (χ0n) is 27.3. The van der Waals surface area contributed by atoms with Gasteiger partial charge in [0.15, 0.2) is 0 Å². The fourth-order valence-electron chi connectivity index (χ4n) is 7.08. The van der Waals surface area contributed by atoms with E-state index in [1.165, 1.54) is 55.6 Å². The van der Waals surface area contributed by atoms with Crippen molar-refractivity contribution in [2.75, 3.05) is 0 Å². The molecule has 0 atom stereocenters. The minimum absolute atomic E-state index is 0.871. The molecule has 7 rings (SSSR count). The third kappa shape index (κ3) is 5.39. The van der Waals surface area contributed by atoms with Crippen molar-refractivity contribution in [1.82, 2.24) is 15.0 Å². The molecule has 0 fully saturated rings. The highest BCUT2D eigenvalue weighted by atomic mass is 14.8. The van der Waals surface area contributed by atoms with Crippen molar-refractivity contribution in [3.63, 3.8) is 0 Å². The summed E-state index contributed by atoms with van der Waals surface area (Å²) in [7, 11) is 0. The predicted molar refractivity (Wildman–Crippen MR) is 193 cm³/mol. The fourth-order valence-corrected chi connectivity index (χ4v) is 7.08. The number of hydrogen-bond acceptors (Lipinski definition) is 3. The average molecular weight is 596 g/mol. The van der Waals surface area contributed by atoms with Gasteiger partial charge in [0.25, 0.3) is 0 Å². The van der Waals surface area contributed by atoms with Gasteiger partial charge in [0.05, 0.1) is 22.4 Å². The van der Waals surface area contributed by atoms with Gasteiger partial charge in [-0.2, -0.15) is 0 Å². The molecule has 0 saturated carbocycles. The molecule has 0 spiro atoms. The van der Waals surface area contributed by atoms with Gasteiger partial charge < -0.3 is 0 Å². The molecule has 224 valence electrons. The van der Waals surface area contributed by atoms with Crippen molar-refractivity contribution in [3.8, 4) is 55.9 Å². The molecule has 3 heteroatoms. The molecule has 5 aromatic carbocycles. The normalized spacial score (nSPS) is 11.3. The smallest absolute Gasteiger partial charge is 0.0973 e. The second kappa shape index (κ2) is 11.8. The second-order valence-electron chi connectivity index (χ2n) is 12.5. The molecule has 0 aliphatic heterocycles. The number of aryl methyl sites for hydroxylation is 6. The minimum atomic E-state index is 0.871. The van der Waals surface area contributed by atoms with Crippen molar-refractivity contribution in [3.05, 3.63) is 149 Å². The summed E-state index contributed by atoms with van der Waals surface area (Å²) in [6.07, 6.45) is 3.70. The van der Waals surface area contributed by atoms with Crippen molar-refractivity contribution >= 4 is 11.0 Å². The monoisotopic (exact) mass is 595 g/mol. The molecule has 0 aliphatic carbocycles. The minimum Gasteiger partial charge on any atom is -0.264 e. The van der Waals surface area contributed by atoms with E-state index >= 15 is 0 Å². The maximum Gasteiger partial charge on any atom is 0.0973 e. The Morgan fingerprint density at radius 2 is 0.848 bits per heavy atom. The van der Waals surface area contributed by atoms with Crippen LogP contribution in [0.5, 0.6) is 0 Å². The number of hydrogen-bond donors (Lipinski definition) is 0. The van der Waals surface area contributed by atoms with Gasteiger partial charge in [-0.05, 0) is 115 Å². The van der Waals surface area contributed by atoms with Gasteiger partial charge >= 0.3 is 0 Å². The Morgan fingerprint density at radius 1 is 0.413 bits per heavy atom. The summed E-state index contributed by atoms with van der Waals surface area (Å²) in [6.45, 7) is 13.2. The van der Waals surface area contributed by atoms with Crippen LogP contribution in [0.25, 0.3) is 66.9 Å². The second-order valence-corrected chi connectivity index (χ2v) is 12.5. The molecule has 0 saturated heterocycles. The molecule has 0 N–H and O–H groups in total. The van der Waals surface area contributed by atoms with Gasteiger partial charge in [0.2, 0.25) is 0 Å². The van der Waals surface area contributed by atoms with Crippen LogP contribution in [0.3, 0.4) is 0 Å².